The maximum absolute atomic E-state index is 11.7. The number of hydrogen-bond acceptors (Lipinski definition) is 8. The van der Waals surface area contributed by atoms with Gasteiger partial charge in [-0.15, -0.1) is 11.8 Å². The number of rotatable bonds is 4. The van der Waals surface area contributed by atoms with Crippen LogP contribution < -0.4 is 11.4 Å². The molecule has 1 aromatic rings. The molecule has 0 bridgehead atoms. The van der Waals surface area contributed by atoms with Crippen molar-refractivity contribution in [2.24, 2.45) is 0 Å². The van der Waals surface area contributed by atoms with Gasteiger partial charge in [0.15, 0.2) is 0 Å². The first-order chi connectivity index (χ1) is 9.95. The zero-order chi connectivity index (χ0) is 15.4. The molecule has 2 rings (SSSR count). The van der Waals surface area contributed by atoms with Gasteiger partial charge in [0.05, 0.1) is 6.10 Å². The second-order valence-corrected chi connectivity index (χ2v) is 5.82. The van der Waals surface area contributed by atoms with E-state index in [1.54, 1.807) is 13.8 Å². The van der Waals surface area contributed by atoms with E-state index >= 15 is 0 Å². The molecule has 1 aliphatic heterocycles. The molecule has 1 aliphatic rings. The summed E-state index contributed by atoms with van der Waals surface area (Å²) in [5.41, 5.74) is 4.61. The minimum atomic E-state index is -0.732. The summed E-state index contributed by atoms with van der Waals surface area (Å²) in [5, 5.41) is 0. The van der Waals surface area contributed by atoms with Crippen molar-refractivity contribution in [3.05, 3.63) is 22.7 Å². The smallest absolute Gasteiger partial charge is 0.432 e. The number of carbonyl (C=O) groups is 1. The van der Waals surface area contributed by atoms with Crippen LogP contribution in [-0.4, -0.2) is 39.6 Å². The number of carbonyl (C=O) groups excluding carboxylic acids is 1. The lowest BCUT2D eigenvalue weighted by Gasteiger charge is -2.15. The van der Waals surface area contributed by atoms with Crippen molar-refractivity contribution in [2.45, 2.75) is 31.6 Å². The summed E-state index contributed by atoms with van der Waals surface area (Å²) in [6.45, 7) is 3.53. The van der Waals surface area contributed by atoms with Crippen molar-refractivity contribution in [3.8, 4) is 0 Å². The average Bonchev–Trinajstić information content (AvgIpc) is 2.84. The fraction of sp³-hybridized carbons (Fsp3) is 0.583. The Labute approximate surface area is 125 Å². The van der Waals surface area contributed by atoms with Crippen molar-refractivity contribution in [3.63, 3.8) is 0 Å². The topological polar surface area (TPSA) is 106 Å². The van der Waals surface area contributed by atoms with E-state index < -0.39 is 18.1 Å². The van der Waals surface area contributed by atoms with E-state index in [4.69, 9.17) is 19.9 Å². The average molecular weight is 315 g/mol. The highest BCUT2D eigenvalue weighted by Gasteiger charge is 2.29. The van der Waals surface area contributed by atoms with Gasteiger partial charge in [0.1, 0.15) is 24.1 Å². The van der Waals surface area contributed by atoms with Crippen molar-refractivity contribution in [1.82, 2.24) is 9.55 Å². The van der Waals surface area contributed by atoms with E-state index in [-0.39, 0.29) is 24.0 Å². The Kier molecular flexibility index (Phi) is 5.07. The van der Waals surface area contributed by atoms with Gasteiger partial charge in [0, 0.05) is 11.9 Å². The van der Waals surface area contributed by atoms with Crippen LogP contribution in [0, 0.1) is 0 Å². The van der Waals surface area contributed by atoms with Crippen molar-refractivity contribution >= 4 is 23.7 Å². The first-order valence-electron chi connectivity index (χ1n) is 6.41. The molecule has 0 amide bonds. The predicted octanol–water partition coefficient (Wildman–Crippen LogP) is 0.975. The largest absolute Gasteiger partial charge is 0.508 e. The van der Waals surface area contributed by atoms with E-state index in [1.807, 2.05) is 0 Å². The number of hydrogen-bond donors (Lipinski definition) is 1. The van der Waals surface area contributed by atoms with Gasteiger partial charge >= 0.3 is 11.8 Å². The summed E-state index contributed by atoms with van der Waals surface area (Å²) in [5.74, 6) is 0.719. The van der Waals surface area contributed by atoms with Crippen LogP contribution >= 0.6 is 11.8 Å². The molecular weight excluding hydrogens is 298 g/mol. The molecule has 8 nitrogen and oxygen atoms in total. The highest BCUT2D eigenvalue weighted by atomic mass is 32.2. The van der Waals surface area contributed by atoms with E-state index in [9.17, 15) is 9.59 Å². The molecular formula is C12H17N3O5S. The second-order valence-electron chi connectivity index (χ2n) is 4.62. The number of aromatic nitrogens is 2. The molecule has 0 spiro atoms. The quantitative estimate of drug-likeness (QED) is 0.819. The van der Waals surface area contributed by atoms with E-state index in [0.717, 1.165) is 0 Å². The van der Waals surface area contributed by atoms with Crippen LogP contribution in [0.2, 0.25) is 0 Å². The Bertz CT molecular complexity index is 562. The molecule has 0 aliphatic carbocycles. The van der Waals surface area contributed by atoms with E-state index in [2.05, 4.69) is 4.98 Å². The third kappa shape index (κ3) is 4.36. The molecule has 0 unspecified atom stereocenters. The van der Waals surface area contributed by atoms with Crippen LogP contribution in [0.25, 0.3) is 0 Å². The Morgan fingerprint density at radius 3 is 3.10 bits per heavy atom. The van der Waals surface area contributed by atoms with E-state index in [1.165, 1.54) is 28.6 Å². The number of ether oxygens (including phenoxy) is 3. The highest BCUT2D eigenvalue weighted by Crippen LogP contribution is 2.31. The van der Waals surface area contributed by atoms with Crippen LogP contribution in [-0.2, 0) is 14.2 Å². The first kappa shape index (κ1) is 15.6. The summed E-state index contributed by atoms with van der Waals surface area (Å²) in [6.07, 6.45) is 0.114. The summed E-state index contributed by atoms with van der Waals surface area (Å²) in [7, 11) is 0. The third-order valence-corrected chi connectivity index (χ3v) is 3.66. The molecule has 1 saturated heterocycles. The summed E-state index contributed by atoms with van der Waals surface area (Å²) < 4.78 is 16.8. The van der Waals surface area contributed by atoms with Crippen LogP contribution in [0.4, 0.5) is 10.6 Å². The molecule has 116 valence electrons. The molecule has 0 radical (unpaired) electrons. The molecule has 1 fully saturated rings. The SMILES string of the molecule is CC(C)OC(=O)OC[C@@H]1O[C@H](n2ccc(N)nc2=O)CS1. The Balaban J connectivity index is 1.86. The Morgan fingerprint density at radius 2 is 2.43 bits per heavy atom. The standard InChI is InChI=1S/C12H17N3O5S/c1-7(2)19-12(17)18-5-10-20-9(6-21-10)15-4-3-8(13)14-11(15)16/h3-4,7,9-10H,5-6H2,1-2H3,(H2,13,14,16)/t9-,10+/m0/s1. The van der Waals surface area contributed by atoms with Crippen molar-refractivity contribution < 1.29 is 19.0 Å². The molecule has 9 heteroatoms. The monoisotopic (exact) mass is 315 g/mol. The van der Waals surface area contributed by atoms with Gasteiger partial charge in [0.25, 0.3) is 0 Å². The van der Waals surface area contributed by atoms with Gasteiger partial charge in [-0.25, -0.2) is 9.59 Å². The molecule has 1 aromatic heterocycles. The van der Waals surface area contributed by atoms with Gasteiger partial charge < -0.3 is 19.9 Å². The van der Waals surface area contributed by atoms with Crippen molar-refractivity contribution in [2.75, 3.05) is 18.1 Å². The zero-order valence-corrected chi connectivity index (χ0v) is 12.5. The normalized spacial score (nSPS) is 21.5. The summed E-state index contributed by atoms with van der Waals surface area (Å²) in [6, 6.07) is 1.53. The van der Waals surface area contributed by atoms with Gasteiger partial charge in [-0.2, -0.15) is 4.98 Å². The number of nitrogens with two attached hydrogens (primary N) is 1. The van der Waals surface area contributed by atoms with Gasteiger partial charge in [-0.05, 0) is 19.9 Å². The van der Waals surface area contributed by atoms with Gasteiger partial charge in [0.2, 0.25) is 0 Å². The molecule has 21 heavy (non-hydrogen) atoms. The number of nitrogen functional groups attached to an aromatic ring is 1. The highest BCUT2D eigenvalue weighted by molar-refractivity contribution is 8.00. The fourth-order valence-corrected chi connectivity index (χ4v) is 2.67. The number of anilines is 1. The molecule has 2 N–H and O–H groups in total. The number of thioether (sulfide) groups is 1. The lowest BCUT2D eigenvalue weighted by molar-refractivity contribution is -0.0283. The molecule has 2 heterocycles. The minimum Gasteiger partial charge on any atom is -0.432 e. The summed E-state index contributed by atoms with van der Waals surface area (Å²) in [4.78, 5) is 26.6. The molecule has 0 saturated carbocycles. The van der Waals surface area contributed by atoms with Crippen LogP contribution in [0.15, 0.2) is 17.1 Å². The van der Waals surface area contributed by atoms with E-state index in [0.29, 0.717) is 5.75 Å². The third-order valence-electron chi connectivity index (χ3n) is 2.56. The number of nitrogens with zero attached hydrogens (tertiary/aromatic N) is 2. The first-order valence-corrected chi connectivity index (χ1v) is 7.45. The summed E-state index contributed by atoms with van der Waals surface area (Å²) >= 11 is 1.45. The zero-order valence-electron chi connectivity index (χ0n) is 11.7. The Morgan fingerprint density at radius 1 is 1.67 bits per heavy atom. The van der Waals surface area contributed by atoms with Crippen LogP contribution in [0.5, 0.6) is 0 Å². The maximum Gasteiger partial charge on any atom is 0.508 e. The van der Waals surface area contributed by atoms with Gasteiger partial charge in [-0.1, -0.05) is 0 Å². The Hall–Kier alpha value is -1.74. The van der Waals surface area contributed by atoms with Crippen LogP contribution in [0.3, 0.4) is 0 Å². The lowest BCUT2D eigenvalue weighted by Crippen LogP contribution is -2.29. The molecule has 0 aromatic carbocycles. The predicted molar refractivity (Wildman–Crippen MR) is 76.8 cm³/mol. The minimum absolute atomic E-state index is 0.0594. The maximum atomic E-state index is 11.7. The lowest BCUT2D eigenvalue weighted by atomic mass is 10.5. The second kappa shape index (κ2) is 6.81. The van der Waals surface area contributed by atoms with Gasteiger partial charge in [-0.3, -0.25) is 4.57 Å². The molecule has 2 atom stereocenters. The van der Waals surface area contributed by atoms with Crippen molar-refractivity contribution in [1.29, 1.82) is 0 Å². The fourth-order valence-electron chi connectivity index (χ4n) is 1.68. The van der Waals surface area contributed by atoms with Crippen LogP contribution in [0.1, 0.15) is 20.1 Å².